The molecule has 0 saturated carbocycles. The Morgan fingerprint density at radius 2 is 1.78 bits per heavy atom. The Balaban J connectivity index is 1.62. The van der Waals surface area contributed by atoms with Gasteiger partial charge in [-0.3, -0.25) is 4.79 Å². The Morgan fingerprint density at radius 1 is 1.04 bits per heavy atom. The van der Waals surface area contributed by atoms with E-state index < -0.39 is 17.2 Å². The van der Waals surface area contributed by atoms with Crippen LogP contribution >= 0.6 is 11.6 Å². The van der Waals surface area contributed by atoms with Crippen molar-refractivity contribution in [2.45, 2.75) is 6.42 Å². The molecule has 0 fully saturated rings. The summed E-state index contributed by atoms with van der Waals surface area (Å²) in [4.78, 5) is 12.4. The van der Waals surface area contributed by atoms with Gasteiger partial charge in [-0.15, -0.1) is 0 Å². The first-order chi connectivity index (χ1) is 13.1. The van der Waals surface area contributed by atoms with Crippen LogP contribution in [-0.2, 0) is 0 Å². The molecule has 2 N–H and O–H groups in total. The molecule has 0 amide bonds. The number of benzene rings is 2. The number of nitrogens with one attached hydrogen (secondary N) is 2. The SMILES string of the molecule is O=c1c(Cl)c(NCCCNc2ccccc2)cnn1-c1ccc(F)cc1F. The van der Waals surface area contributed by atoms with E-state index in [-0.39, 0.29) is 10.7 Å². The van der Waals surface area contributed by atoms with Gasteiger partial charge in [0.15, 0.2) is 5.82 Å². The van der Waals surface area contributed by atoms with Crippen LogP contribution in [0, 0.1) is 11.6 Å². The van der Waals surface area contributed by atoms with Crippen LogP contribution < -0.4 is 16.2 Å². The summed E-state index contributed by atoms with van der Waals surface area (Å²) in [5, 5.41) is 10.1. The van der Waals surface area contributed by atoms with Gasteiger partial charge in [-0.25, -0.2) is 8.78 Å². The molecule has 2 aromatic carbocycles. The Hall–Kier alpha value is -2.93. The molecule has 3 aromatic rings. The molecule has 0 unspecified atom stereocenters. The molecule has 0 atom stereocenters. The van der Waals surface area contributed by atoms with Crippen LogP contribution in [-0.4, -0.2) is 22.9 Å². The second kappa shape index (κ2) is 8.64. The Bertz CT molecular complexity index is 979. The molecule has 0 aliphatic heterocycles. The molecule has 140 valence electrons. The summed E-state index contributed by atoms with van der Waals surface area (Å²) in [5.41, 5.74) is 0.540. The number of hydrogen-bond acceptors (Lipinski definition) is 4. The van der Waals surface area contributed by atoms with E-state index >= 15 is 0 Å². The molecule has 0 radical (unpaired) electrons. The summed E-state index contributed by atoms with van der Waals surface area (Å²) >= 11 is 6.09. The highest BCUT2D eigenvalue weighted by Crippen LogP contribution is 2.18. The maximum atomic E-state index is 13.9. The van der Waals surface area contributed by atoms with Crippen molar-refractivity contribution in [1.29, 1.82) is 0 Å². The third-order valence-electron chi connectivity index (χ3n) is 3.83. The number of aromatic nitrogens is 2. The van der Waals surface area contributed by atoms with Gasteiger partial charge in [0.25, 0.3) is 5.56 Å². The fourth-order valence-electron chi connectivity index (χ4n) is 2.48. The van der Waals surface area contributed by atoms with Crippen LogP contribution in [0.5, 0.6) is 0 Å². The monoisotopic (exact) mass is 390 g/mol. The lowest BCUT2D eigenvalue weighted by molar-refractivity contribution is 0.570. The molecule has 1 heterocycles. The van der Waals surface area contributed by atoms with Crippen LogP contribution in [0.2, 0.25) is 5.02 Å². The number of halogens is 3. The van der Waals surface area contributed by atoms with Gasteiger partial charge in [0.05, 0.1) is 11.9 Å². The molecule has 0 spiro atoms. The highest BCUT2D eigenvalue weighted by Gasteiger charge is 2.13. The zero-order chi connectivity index (χ0) is 19.2. The van der Waals surface area contributed by atoms with Gasteiger partial charge in [-0.1, -0.05) is 29.8 Å². The molecular formula is C19H17ClF2N4O. The minimum Gasteiger partial charge on any atom is -0.385 e. The lowest BCUT2D eigenvalue weighted by Gasteiger charge is -2.11. The van der Waals surface area contributed by atoms with Crippen LogP contribution in [0.1, 0.15) is 6.42 Å². The van der Waals surface area contributed by atoms with Crippen molar-refractivity contribution in [3.05, 3.63) is 81.7 Å². The van der Waals surface area contributed by atoms with Crippen molar-refractivity contribution in [3.63, 3.8) is 0 Å². The van der Waals surface area contributed by atoms with E-state index in [4.69, 9.17) is 11.6 Å². The number of para-hydroxylation sites is 1. The molecule has 27 heavy (non-hydrogen) atoms. The van der Waals surface area contributed by atoms with E-state index in [1.165, 1.54) is 6.20 Å². The molecular weight excluding hydrogens is 374 g/mol. The molecule has 1 aromatic heterocycles. The molecule has 5 nitrogen and oxygen atoms in total. The normalized spacial score (nSPS) is 10.6. The average Bonchev–Trinajstić information content (AvgIpc) is 2.66. The second-order valence-electron chi connectivity index (χ2n) is 5.76. The highest BCUT2D eigenvalue weighted by atomic mass is 35.5. The standard InChI is InChI=1S/C19H17ClF2N4O/c20-18-16(24-10-4-9-23-14-5-2-1-3-6-14)12-25-26(19(18)27)17-8-7-13(21)11-15(17)22/h1-3,5-8,11-12,23-24H,4,9-10H2. The van der Waals surface area contributed by atoms with Crippen molar-refractivity contribution in [3.8, 4) is 5.69 Å². The zero-order valence-electron chi connectivity index (χ0n) is 14.3. The summed E-state index contributed by atoms with van der Waals surface area (Å²) in [5.74, 6) is -1.63. The maximum Gasteiger partial charge on any atom is 0.292 e. The van der Waals surface area contributed by atoms with E-state index in [0.29, 0.717) is 18.3 Å². The van der Waals surface area contributed by atoms with Gasteiger partial charge in [0.2, 0.25) is 0 Å². The zero-order valence-corrected chi connectivity index (χ0v) is 15.0. The predicted octanol–water partition coefficient (Wildman–Crippen LogP) is 4.08. The van der Waals surface area contributed by atoms with Crippen molar-refractivity contribution in [1.82, 2.24) is 9.78 Å². The van der Waals surface area contributed by atoms with E-state index in [2.05, 4.69) is 15.7 Å². The molecule has 0 saturated heterocycles. The number of anilines is 2. The van der Waals surface area contributed by atoms with E-state index in [0.717, 1.165) is 35.5 Å². The molecule has 0 bridgehead atoms. The minimum absolute atomic E-state index is 0.107. The van der Waals surface area contributed by atoms with E-state index in [1.807, 2.05) is 30.3 Å². The molecule has 3 rings (SSSR count). The van der Waals surface area contributed by atoms with Crippen molar-refractivity contribution < 1.29 is 8.78 Å². The lowest BCUT2D eigenvalue weighted by atomic mass is 10.3. The van der Waals surface area contributed by atoms with Crippen molar-refractivity contribution >= 4 is 23.0 Å². The average molecular weight is 391 g/mol. The molecule has 0 aliphatic rings. The summed E-state index contributed by atoms with van der Waals surface area (Å²) in [6, 6.07) is 12.7. The van der Waals surface area contributed by atoms with Crippen molar-refractivity contribution in [2.24, 2.45) is 0 Å². The fourth-order valence-corrected chi connectivity index (χ4v) is 2.68. The molecule has 0 aliphatic carbocycles. The summed E-state index contributed by atoms with van der Waals surface area (Å²) in [7, 11) is 0. The fraction of sp³-hybridized carbons (Fsp3) is 0.158. The smallest absolute Gasteiger partial charge is 0.292 e. The van der Waals surface area contributed by atoms with Gasteiger partial charge in [0, 0.05) is 24.8 Å². The summed E-state index contributed by atoms with van der Waals surface area (Å²) < 4.78 is 27.7. The predicted molar refractivity (Wildman–Crippen MR) is 103 cm³/mol. The number of hydrogen-bond donors (Lipinski definition) is 2. The first kappa shape index (κ1) is 18.8. The summed E-state index contributed by atoms with van der Waals surface area (Å²) in [6.07, 6.45) is 2.12. The van der Waals surface area contributed by atoms with Crippen LogP contribution in [0.15, 0.2) is 59.5 Å². The van der Waals surface area contributed by atoms with Gasteiger partial charge >= 0.3 is 0 Å². The Labute approximate surface area is 159 Å². The van der Waals surface area contributed by atoms with Gasteiger partial charge in [-0.2, -0.15) is 9.78 Å². The molecule has 8 heteroatoms. The van der Waals surface area contributed by atoms with E-state index in [9.17, 15) is 13.6 Å². The van der Waals surface area contributed by atoms with Crippen LogP contribution in [0.3, 0.4) is 0 Å². The third-order valence-corrected chi connectivity index (χ3v) is 4.19. The van der Waals surface area contributed by atoms with Gasteiger partial charge in [0.1, 0.15) is 16.5 Å². The van der Waals surface area contributed by atoms with Gasteiger partial charge < -0.3 is 10.6 Å². The number of rotatable bonds is 7. The van der Waals surface area contributed by atoms with Crippen LogP contribution in [0.25, 0.3) is 5.69 Å². The maximum absolute atomic E-state index is 13.9. The Kier molecular flexibility index (Phi) is 6.03. The largest absolute Gasteiger partial charge is 0.385 e. The highest BCUT2D eigenvalue weighted by molar-refractivity contribution is 6.32. The quantitative estimate of drug-likeness (QED) is 0.597. The van der Waals surface area contributed by atoms with Crippen molar-refractivity contribution in [2.75, 3.05) is 23.7 Å². The minimum atomic E-state index is -0.895. The first-order valence-electron chi connectivity index (χ1n) is 8.32. The summed E-state index contributed by atoms with van der Waals surface area (Å²) in [6.45, 7) is 1.30. The Morgan fingerprint density at radius 3 is 2.52 bits per heavy atom. The van der Waals surface area contributed by atoms with Gasteiger partial charge in [-0.05, 0) is 30.7 Å². The third kappa shape index (κ3) is 4.62. The second-order valence-corrected chi connectivity index (χ2v) is 6.14. The van der Waals surface area contributed by atoms with Crippen LogP contribution in [0.4, 0.5) is 20.2 Å². The number of nitrogens with zero attached hydrogens (tertiary/aromatic N) is 2. The first-order valence-corrected chi connectivity index (χ1v) is 8.70. The lowest BCUT2D eigenvalue weighted by Crippen LogP contribution is -2.24. The topological polar surface area (TPSA) is 59.0 Å². The van der Waals surface area contributed by atoms with E-state index in [1.54, 1.807) is 0 Å².